The number of aryl methyl sites for hydroxylation is 1. The minimum atomic E-state index is 0.145. The van der Waals surface area contributed by atoms with Gasteiger partial charge in [-0.25, -0.2) is 4.98 Å². The molecule has 0 radical (unpaired) electrons. The van der Waals surface area contributed by atoms with Gasteiger partial charge in [0.1, 0.15) is 11.6 Å². The standard InChI is InChI=1S/C14H24N4O/c1-4-19-14-9-13(16-11(3)17-14)18-8-6-5-7-12(18)10(2)15/h9-10,12H,4-8,15H2,1-3H3. The molecule has 1 aliphatic heterocycles. The summed E-state index contributed by atoms with van der Waals surface area (Å²) in [5.74, 6) is 2.34. The highest BCUT2D eigenvalue weighted by molar-refractivity contribution is 5.44. The molecule has 5 heteroatoms. The van der Waals surface area contributed by atoms with Crippen LogP contribution in [0.2, 0.25) is 0 Å². The minimum Gasteiger partial charge on any atom is -0.478 e. The largest absolute Gasteiger partial charge is 0.478 e. The second-order valence-electron chi connectivity index (χ2n) is 5.16. The molecule has 1 fully saturated rings. The summed E-state index contributed by atoms with van der Waals surface area (Å²) >= 11 is 0. The predicted molar refractivity (Wildman–Crippen MR) is 76.6 cm³/mol. The van der Waals surface area contributed by atoms with Crippen LogP contribution in [-0.2, 0) is 0 Å². The molecule has 0 aromatic carbocycles. The normalized spacial score (nSPS) is 21.3. The molecule has 1 aromatic heterocycles. The van der Waals surface area contributed by atoms with Crippen LogP contribution >= 0.6 is 0 Å². The summed E-state index contributed by atoms with van der Waals surface area (Å²) in [5, 5.41) is 0. The quantitative estimate of drug-likeness (QED) is 0.899. The predicted octanol–water partition coefficient (Wildman–Crippen LogP) is 1.89. The van der Waals surface area contributed by atoms with Crippen molar-refractivity contribution in [1.29, 1.82) is 0 Å². The smallest absolute Gasteiger partial charge is 0.218 e. The average molecular weight is 264 g/mol. The van der Waals surface area contributed by atoms with Crippen molar-refractivity contribution in [3.05, 3.63) is 11.9 Å². The summed E-state index contributed by atoms with van der Waals surface area (Å²) in [6, 6.07) is 2.43. The van der Waals surface area contributed by atoms with Gasteiger partial charge in [0.25, 0.3) is 0 Å². The molecule has 1 aliphatic rings. The highest BCUT2D eigenvalue weighted by Gasteiger charge is 2.27. The molecule has 0 spiro atoms. The number of nitrogens with two attached hydrogens (primary N) is 1. The third-order valence-corrected chi connectivity index (χ3v) is 3.54. The molecule has 2 unspecified atom stereocenters. The van der Waals surface area contributed by atoms with Gasteiger partial charge in [-0.15, -0.1) is 0 Å². The zero-order valence-corrected chi connectivity index (χ0v) is 12.1. The lowest BCUT2D eigenvalue weighted by molar-refractivity contribution is 0.324. The van der Waals surface area contributed by atoms with Crippen LogP contribution in [0.3, 0.4) is 0 Å². The molecular weight excluding hydrogens is 240 g/mol. The van der Waals surface area contributed by atoms with Crippen molar-refractivity contribution in [2.24, 2.45) is 5.73 Å². The Morgan fingerprint density at radius 3 is 2.95 bits per heavy atom. The van der Waals surface area contributed by atoms with Crippen molar-refractivity contribution >= 4 is 5.82 Å². The van der Waals surface area contributed by atoms with Crippen LogP contribution in [0.15, 0.2) is 6.07 Å². The SMILES string of the molecule is CCOc1cc(N2CCCCC2C(C)N)nc(C)n1. The number of ether oxygens (including phenoxy) is 1. The first-order chi connectivity index (χ1) is 9.11. The number of hydrogen-bond acceptors (Lipinski definition) is 5. The van der Waals surface area contributed by atoms with E-state index in [2.05, 4.69) is 21.8 Å². The van der Waals surface area contributed by atoms with Crippen molar-refractivity contribution in [2.75, 3.05) is 18.1 Å². The Balaban J connectivity index is 2.27. The maximum atomic E-state index is 6.11. The van der Waals surface area contributed by atoms with Gasteiger partial charge in [0.15, 0.2) is 0 Å². The Kier molecular flexibility index (Phi) is 4.58. The maximum absolute atomic E-state index is 6.11. The Bertz CT molecular complexity index is 422. The van der Waals surface area contributed by atoms with Gasteiger partial charge in [0.2, 0.25) is 5.88 Å². The van der Waals surface area contributed by atoms with Gasteiger partial charge in [0.05, 0.1) is 6.61 Å². The van der Waals surface area contributed by atoms with Gasteiger partial charge in [-0.1, -0.05) is 0 Å². The molecule has 1 saturated heterocycles. The Morgan fingerprint density at radius 2 is 2.26 bits per heavy atom. The highest BCUT2D eigenvalue weighted by Crippen LogP contribution is 2.26. The van der Waals surface area contributed by atoms with Crippen molar-refractivity contribution in [3.63, 3.8) is 0 Å². The number of rotatable bonds is 4. The molecule has 2 rings (SSSR count). The lowest BCUT2D eigenvalue weighted by Crippen LogP contribution is -2.49. The van der Waals surface area contributed by atoms with Crippen LogP contribution in [0.25, 0.3) is 0 Å². The molecule has 2 N–H and O–H groups in total. The van der Waals surface area contributed by atoms with Crippen molar-refractivity contribution in [1.82, 2.24) is 9.97 Å². The third kappa shape index (κ3) is 3.35. The van der Waals surface area contributed by atoms with Crippen molar-refractivity contribution in [3.8, 4) is 5.88 Å². The monoisotopic (exact) mass is 264 g/mol. The van der Waals surface area contributed by atoms with Crippen molar-refractivity contribution < 1.29 is 4.74 Å². The first kappa shape index (κ1) is 14.1. The van der Waals surface area contributed by atoms with E-state index in [1.54, 1.807) is 0 Å². The maximum Gasteiger partial charge on any atom is 0.218 e. The average Bonchev–Trinajstić information content (AvgIpc) is 2.38. The summed E-state index contributed by atoms with van der Waals surface area (Å²) in [6.45, 7) is 7.56. The van der Waals surface area contributed by atoms with E-state index in [4.69, 9.17) is 10.5 Å². The van der Waals surface area contributed by atoms with Crippen LogP contribution in [-0.4, -0.2) is 35.2 Å². The van der Waals surface area contributed by atoms with Crippen LogP contribution in [0, 0.1) is 6.92 Å². The molecule has 19 heavy (non-hydrogen) atoms. The van der Waals surface area contributed by atoms with Crippen LogP contribution in [0.1, 0.15) is 38.9 Å². The highest BCUT2D eigenvalue weighted by atomic mass is 16.5. The second kappa shape index (κ2) is 6.19. The van der Waals surface area contributed by atoms with Gasteiger partial charge < -0.3 is 15.4 Å². The van der Waals surface area contributed by atoms with E-state index < -0.39 is 0 Å². The molecule has 2 heterocycles. The van der Waals surface area contributed by atoms with Gasteiger partial charge in [-0.3, -0.25) is 0 Å². The van der Waals surface area contributed by atoms with E-state index >= 15 is 0 Å². The molecule has 2 atom stereocenters. The van der Waals surface area contributed by atoms with Gasteiger partial charge in [-0.05, 0) is 40.0 Å². The van der Waals surface area contributed by atoms with E-state index in [0.29, 0.717) is 18.5 Å². The second-order valence-corrected chi connectivity index (χ2v) is 5.16. The van der Waals surface area contributed by atoms with E-state index in [-0.39, 0.29) is 6.04 Å². The topological polar surface area (TPSA) is 64.3 Å². The molecule has 5 nitrogen and oxygen atoms in total. The zero-order valence-electron chi connectivity index (χ0n) is 12.1. The van der Waals surface area contributed by atoms with E-state index in [0.717, 1.165) is 24.6 Å². The number of piperidine rings is 1. The number of aromatic nitrogens is 2. The molecule has 0 bridgehead atoms. The van der Waals surface area contributed by atoms with Gasteiger partial charge in [-0.2, -0.15) is 4.98 Å². The lowest BCUT2D eigenvalue weighted by atomic mass is 9.97. The fraction of sp³-hybridized carbons (Fsp3) is 0.714. The third-order valence-electron chi connectivity index (χ3n) is 3.54. The zero-order chi connectivity index (χ0) is 13.8. The number of hydrogen-bond donors (Lipinski definition) is 1. The lowest BCUT2D eigenvalue weighted by Gasteiger charge is -2.39. The summed E-state index contributed by atoms with van der Waals surface area (Å²) in [4.78, 5) is 11.2. The van der Waals surface area contributed by atoms with Gasteiger partial charge in [0, 0.05) is 24.7 Å². The molecule has 106 valence electrons. The van der Waals surface area contributed by atoms with E-state index in [9.17, 15) is 0 Å². The van der Waals surface area contributed by atoms with Crippen LogP contribution in [0.4, 0.5) is 5.82 Å². The van der Waals surface area contributed by atoms with Crippen LogP contribution in [0.5, 0.6) is 5.88 Å². The van der Waals surface area contributed by atoms with E-state index in [1.165, 1.54) is 12.8 Å². The van der Waals surface area contributed by atoms with E-state index in [1.807, 2.05) is 19.9 Å². The number of anilines is 1. The molecule has 0 amide bonds. The van der Waals surface area contributed by atoms with Crippen LogP contribution < -0.4 is 15.4 Å². The molecule has 0 aliphatic carbocycles. The summed E-state index contributed by atoms with van der Waals surface area (Å²) in [7, 11) is 0. The number of nitrogens with zero attached hydrogens (tertiary/aromatic N) is 3. The summed E-state index contributed by atoms with van der Waals surface area (Å²) < 4.78 is 5.50. The fourth-order valence-electron chi connectivity index (χ4n) is 2.68. The first-order valence-electron chi connectivity index (χ1n) is 7.12. The molecule has 0 saturated carbocycles. The molecular formula is C14H24N4O. The Hall–Kier alpha value is -1.36. The minimum absolute atomic E-state index is 0.145. The summed E-state index contributed by atoms with van der Waals surface area (Å²) in [5.41, 5.74) is 6.11. The van der Waals surface area contributed by atoms with Crippen molar-refractivity contribution in [2.45, 2.75) is 52.1 Å². The molecule has 1 aromatic rings. The summed E-state index contributed by atoms with van der Waals surface area (Å²) in [6.07, 6.45) is 3.56. The Morgan fingerprint density at radius 1 is 1.47 bits per heavy atom. The first-order valence-corrected chi connectivity index (χ1v) is 7.12. The van der Waals surface area contributed by atoms with Gasteiger partial charge >= 0.3 is 0 Å². The Labute approximate surface area is 115 Å². The fourth-order valence-corrected chi connectivity index (χ4v) is 2.68.